The van der Waals surface area contributed by atoms with E-state index in [1.54, 1.807) is 7.11 Å². The molecule has 3 aromatic rings. The molecule has 0 unspecified atom stereocenters. The summed E-state index contributed by atoms with van der Waals surface area (Å²) in [4.78, 5) is 15.5. The van der Waals surface area contributed by atoms with E-state index in [-0.39, 0.29) is 16.5 Å². The van der Waals surface area contributed by atoms with Gasteiger partial charge in [-0.1, -0.05) is 39.8 Å². The molecule has 0 saturated heterocycles. The van der Waals surface area contributed by atoms with Crippen molar-refractivity contribution in [3.05, 3.63) is 57.9 Å². The highest BCUT2D eigenvalue weighted by Gasteiger charge is 2.41. The van der Waals surface area contributed by atoms with Gasteiger partial charge in [-0.15, -0.1) is 0 Å². The summed E-state index contributed by atoms with van der Waals surface area (Å²) in [6, 6.07) is 11.8. The molecule has 4 heteroatoms. The van der Waals surface area contributed by atoms with Crippen LogP contribution in [0, 0.1) is 0 Å². The first kappa shape index (κ1) is 19.2. The monoisotopic (exact) mass is 403 g/mol. The summed E-state index contributed by atoms with van der Waals surface area (Å²) in [6.07, 6.45) is 2.19. The van der Waals surface area contributed by atoms with Crippen LogP contribution in [0.3, 0.4) is 0 Å². The fourth-order valence-electron chi connectivity index (χ4n) is 5.12. The second-order valence-corrected chi connectivity index (χ2v) is 10.00. The minimum atomic E-state index is -0.285. The molecule has 5 rings (SSSR count). The van der Waals surface area contributed by atoms with Crippen molar-refractivity contribution in [3.63, 3.8) is 0 Å². The number of nitrogens with zero attached hydrogens (tertiary/aromatic N) is 1. The summed E-state index contributed by atoms with van der Waals surface area (Å²) in [7, 11) is 1.64. The van der Waals surface area contributed by atoms with Gasteiger partial charge in [0.2, 0.25) is 0 Å². The molecule has 0 N–H and O–H groups in total. The number of fused-ring (bicyclic) bond motifs is 2. The van der Waals surface area contributed by atoms with Crippen molar-refractivity contribution >= 4 is 16.7 Å². The number of hydrogen-bond donors (Lipinski definition) is 0. The second kappa shape index (κ2) is 6.37. The van der Waals surface area contributed by atoms with Gasteiger partial charge >= 0.3 is 5.63 Å². The molecular weight excluding hydrogens is 374 g/mol. The van der Waals surface area contributed by atoms with Gasteiger partial charge in [0.25, 0.3) is 0 Å². The molecule has 0 spiro atoms. The van der Waals surface area contributed by atoms with Crippen LogP contribution in [0.5, 0.6) is 5.75 Å². The van der Waals surface area contributed by atoms with E-state index in [1.807, 2.05) is 30.3 Å². The maximum atomic E-state index is 13.1. The zero-order valence-electron chi connectivity index (χ0n) is 18.5. The average Bonchev–Trinajstić information content (AvgIpc) is 2.71. The Balaban J connectivity index is 1.82. The van der Waals surface area contributed by atoms with E-state index in [0.29, 0.717) is 5.56 Å². The summed E-state index contributed by atoms with van der Waals surface area (Å²) in [5.74, 6) is 0.769. The van der Waals surface area contributed by atoms with Crippen LogP contribution in [-0.2, 0) is 10.8 Å². The van der Waals surface area contributed by atoms with Crippen molar-refractivity contribution in [1.82, 2.24) is 0 Å². The molecule has 2 aliphatic rings. The molecule has 2 aliphatic heterocycles. The number of anilines is 1. The Morgan fingerprint density at radius 1 is 0.967 bits per heavy atom. The molecule has 0 radical (unpaired) electrons. The molecule has 0 bridgehead atoms. The third-order valence-electron chi connectivity index (χ3n) is 7.13. The van der Waals surface area contributed by atoms with Crippen LogP contribution >= 0.6 is 0 Å². The first-order chi connectivity index (χ1) is 14.2. The lowest BCUT2D eigenvalue weighted by atomic mass is 9.69. The van der Waals surface area contributed by atoms with E-state index in [4.69, 9.17) is 9.15 Å². The van der Waals surface area contributed by atoms with Crippen molar-refractivity contribution < 1.29 is 9.15 Å². The van der Waals surface area contributed by atoms with Gasteiger partial charge in [-0.3, -0.25) is 0 Å². The normalized spacial score (nSPS) is 18.9. The van der Waals surface area contributed by atoms with Gasteiger partial charge < -0.3 is 14.1 Å². The first-order valence-electron chi connectivity index (χ1n) is 10.8. The lowest BCUT2D eigenvalue weighted by Gasteiger charge is -2.48. The Hall–Kier alpha value is -2.75. The number of methoxy groups -OCH3 is 1. The topological polar surface area (TPSA) is 42.7 Å². The molecule has 156 valence electrons. The molecule has 1 aromatic heterocycles. The quantitative estimate of drug-likeness (QED) is 0.520. The minimum Gasteiger partial charge on any atom is -0.497 e. The summed E-state index contributed by atoms with van der Waals surface area (Å²) >= 11 is 0. The van der Waals surface area contributed by atoms with Crippen molar-refractivity contribution in [3.8, 4) is 16.9 Å². The number of rotatable bonds is 2. The van der Waals surface area contributed by atoms with Gasteiger partial charge in [-0.25, -0.2) is 4.79 Å². The van der Waals surface area contributed by atoms with Crippen LogP contribution in [0.2, 0.25) is 0 Å². The molecule has 30 heavy (non-hydrogen) atoms. The minimum absolute atomic E-state index is 0.0366. The predicted octanol–water partition coefficient (Wildman–Crippen LogP) is 5.64. The third-order valence-corrected chi connectivity index (χ3v) is 7.13. The Bertz CT molecular complexity index is 1200. The van der Waals surface area contributed by atoms with E-state index in [2.05, 4.69) is 38.7 Å². The molecule has 0 fully saturated rings. The van der Waals surface area contributed by atoms with Gasteiger partial charge in [-0.05, 0) is 59.1 Å². The van der Waals surface area contributed by atoms with Gasteiger partial charge in [0.05, 0.1) is 12.7 Å². The Morgan fingerprint density at radius 3 is 2.30 bits per heavy atom. The van der Waals surface area contributed by atoms with Gasteiger partial charge in [0, 0.05) is 29.7 Å². The zero-order valence-corrected chi connectivity index (χ0v) is 18.5. The van der Waals surface area contributed by atoms with Gasteiger partial charge in [-0.2, -0.15) is 0 Å². The summed E-state index contributed by atoms with van der Waals surface area (Å²) in [6.45, 7) is 11.3. The molecule has 0 aliphatic carbocycles. The number of hydrogen-bond acceptors (Lipinski definition) is 4. The summed E-state index contributed by atoms with van der Waals surface area (Å²) in [5, 5.41) is 1.01. The predicted molar refractivity (Wildman–Crippen MR) is 122 cm³/mol. The van der Waals surface area contributed by atoms with Crippen LogP contribution in [0.1, 0.15) is 51.7 Å². The van der Waals surface area contributed by atoms with E-state index in [1.165, 1.54) is 16.8 Å². The van der Waals surface area contributed by atoms with E-state index >= 15 is 0 Å². The molecule has 3 heterocycles. The molecule has 2 aromatic carbocycles. The molecule has 0 saturated carbocycles. The molecule has 4 nitrogen and oxygen atoms in total. The standard InChI is InChI=1S/C26H29NO3/c1-25(2)10-12-27-13-11-26(3,4)21-22(27)20(25)15-17-14-19(24(28)30-23(17)21)16-6-8-18(29-5)9-7-16/h6-9,14-15H,10-13H2,1-5H3. The Kier molecular flexibility index (Phi) is 4.08. The SMILES string of the molecule is COc1ccc(-c2cc3cc4c5c(c3oc2=O)C(C)(C)CCN5CCC4(C)C)cc1. The van der Waals surface area contributed by atoms with Crippen LogP contribution in [0.15, 0.2) is 45.6 Å². The van der Waals surface area contributed by atoms with Crippen LogP contribution in [0.4, 0.5) is 5.69 Å². The largest absolute Gasteiger partial charge is 0.497 e. The highest BCUT2D eigenvalue weighted by atomic mass is 16.5. The number of ether oxygens (including phenoxy) is 1. The van der Waals surface area contributed by atoms with Crippen molar-refractivity contribution in [2.75, 3.05) is 25.1 Å². The zero-order chi connectivity index (χ0) is 21.3. The Labute approximate surface area is 177 Å². The molecule has 0 amide bonds. The van der Waals surface area contributed by atoms with Gasteiger partial charge in [0.15, 0.2) is 0 Å². The maximum absolute atomic E-state index is 13.1. The van der Waals surface area contributed by atoms with E-state index in [9.17, 15) is 4.79 Å². The fraction of sp³-hybridized carbons (Fsp3) is 0.423. The lowest BCUT2D eigenvalue weighted by molar-refractivity contribution is 0.398. The summed E-state index contributed by atoms with van der Waals surface area (Å²) in [5.41, 5.74) is 5.84. The van der Waals surface area contributed by atoms with Gasteiger partial charge in [0.1, 0.15) is 11.3 Å². The lowest BCUT2D eigenvalue weighted by Crippen LogP contribution is -2.44. The van der Waals surface area contributed by atoms with Crippen molar-refractivity contribution in [2.24, 2.45) is 0 Å². The first-order valence-corrected chi connectivity index (χ1v) is 10.8. The molecular formula is C26H29NO3. The maximum Gasteiger partial charge on any atom is 0.344 e. The highest BCUT2D eigenvalue weighted by molar-refractivity contribution is 5.92. The van der Waals surface area contributed by atoms with Crippen LogP contribution in [-0.4, -0.2) is 20.2 Å². The third kappa shape index (κ3) is 2.77. The highest BCUT2D eigenvalue weighted by Crippen LogP contribution is 2.51. The molecule has 0 atom stereocenters. The van der Waals surface area contributed by atoms with Crippen LogP contribution < -0.4 is 15.3 Å². The number of benzene rings is 2. The van der Waals surface area contributed by atoms with E-state index in [0.717, 1.165) is 48.2 Å². The summed E-state index contributed by atoms with van der Waals surface area (Å²) < 4.78 is 11.3. The van der Waals surface area contributed by atoms with Crippen LogP contribution in [0.25, 0.3) is 22.1 Å². The fourth-order valence-corrected chi connectivity index (χ4v) is 5.12. The smallest absolute Gasteiger partial charge is 0.344 e. The Morgan fingerprint density at radius 2 is 1.63 bits per heavy atom. The average molecular weight is 404 g/mol. The van der Waals surface area contributed by atoms with Crippen molar-refractivity contribution in [1.29, 1.82) is 0 Å². The van der Waals surface area contributed by atoms with E-state index < -0.39 is 0 Å². The second-order valence-electron chi connectivity index (χ2n) is 10.00. The van der Waals surface area contributed by atoms with Crippen molar-refractivity contribution in [2.45, 2.75) is 51.4 Å².